The maximum absolute atomic E-state index is 12.6. The van der Waals surface area contributed by atoms with Crippen LogP contribution in [0.3, 0.4) is 0 Å². The predicted molar refractivity (Wildman–Crippen MR) is 114 cm³/mol. The largest absolute Gasteiger partial charge is 0.445 e. The molecule has 2 atom stereocenters. The number of hydrogen-bond donors (Lipinski definition) is 2. The Morgan fingerprint density at radius 1 is 1.48 bits per heavy atom. The highest BCUT2D eigenvalue weighted by Crippen LogP contribution is 2.26. The van der Waals surface area contributed by atoms with Crippen LogP contribution in [-0.4, -0.2) is 49.5 Å². The van der Waals surface area contributed by atoms with Crippen LogP contribution in [0.5, 0.6) is 0 Å². The number of non-ortho nitro benzene ring substituents is 1. The maximum Gasteiger partial charge on any atom is 0.410 e. The Balaban J connectivity index is 1.56. The first-order chi connectivity index (χ1) is 13.9. The molecular weight excluding hydrogens is 412 g/mol. The van der Waals surface area contributed by atoms with Gasteiger partial charge in [0, 0.05) is 42.1 Å². The van der Waals surface area contributed by atoms with E-state index in [0.717, 1.165) is 22.9 Å². The van der Waals surface area contributed by atoms with Gasteiger partial charge in [-0.15, -0.1) is 0 Å². The molecule has 0 spiro atoms. The average Bonchev–Trinajstić information content (AvgIpc) is 3.34. The first-order valence-corrected chi connectivity index (χ1v) is 10.6. The highest BCUT2D eigenvalue weighted by Gasteiger charge is 2.33. The Labute approximate surface area is 178 Å². The normalized spacial score (nSPS) is 19.4. The lowest BCUT2D eigenvalue weighted by Gasteiger charge is -2.22. The molecule has 2 aromatic rings. The molecule has 0 radical (unpaired) electrons. The van der Waals surface area contributed by atoms with Crippen molar-refractivity contribution in [2.24, 2.45) is 0 Å². The number of nitrogens with one attached hydrogen (secondary N) is 1. The van der Waals surface area contributed by atoms with Crippen LogP contribution >= 0.6 is 24.4 Å². The van der Waals surface area contributed by atoms with E-state index in [4.69, 9.17) is 4.74 Å². The van der Waals surface area contributed by atoms with Gasteiger partial charge in [-0.1, -0.05) is 23.4 Å². The molecule has 154 valence electrons. The average molecular weight is 435 g/mol. The summed E-state index contributed by atoms with van der Waals surface area (Å²) in [7, 11) is 0. The van der Waals surface area contributed by atoms with E-state index in [1.165, 1.54) is 12.1 Å². The molecule has 1 aliphatic rings. The second-order valence-electron chi connectivity index (χ2n) is 6.78. The van der Waals surface area contributed by atoms with Gasteiger partial charge < -0.3 is 14.6 Å². The number of rotatable bonds is 7. The fourth-order valence-electron chi connectivity index (χ4n) is 3.04. The summed E-state index contributed by atoms with van der Waals surface area (Å²) < 4.78 is 5.43. The van der Waals surface area contributed by atoms with Crippen molar-refractivity contribution in [1.29, 1.82) is 0 Å². The van der Waals surface area contributed by atoms with Crippen LogP contribution in [0.2, 0.25) is 0 Å². The molecule has 3 rings (SSSR count). The molecular formula is C19H22N4O4S2. The number of nitro groups is 1. The molecule has 1 fully saturated rings. The van der Waals surface area contributed by atoms with Crippen LogP contribution in [0.15, 0.2) is 53.5 Å². The van der Waals surface area contributed by atoms with Gasteiger partial charge in [-0.05, 0) is 31.0 Å². The third-order valence-electron chi connectivity index (χ3n) is 4.45. The number of amides is 1. The van der Waals surface area contributed by atoms with Crippen molar-refractivity contribution in [3.63, 3.8) is 0 Å². The smallest absolute Gasteiger partial charge is 0.410 e. The lowest BCUT2D eigenvalue weighted by molar-refractivity contribution is -0.384. The number of likely N-dealkylation sites (tertiary alicyclic amines) is 1. The van der Waals surface area contributed by atoms with Crippen molar-refractivity contribution in [1.82, 2.24) is 14.9 Å². The van der Waals surface area contributed by atoms with Crippen molar-refractivity contribution >= 4 is 36.2 Å². The number of imidazole rings is 1. The van der Waals surface area contributed by atoms with Crippen LogP contribution in [0, 0.1) is 10.1 Å². The SMILES string of the molecule is C/C(=C\[C@@H]1C[C@H](S)CN1C(=O)OCc1ccc([N+](=O)[O-])cc1)CSc1ncc[nH]1. The zero-order valence-corrected chi connectivity index (χ0v) is 17.6. The summed E-state index contributed by atoms with van der Waals surface area (Å²) in [5.74, 6) is 0.771. The molecule has 1 aromatic carbocycles. The lowest BCUT2D eigenvalue weighted by atomic mass is 10.1. The van der Waals surface area contributed by atoms with E-state index < -0.39 is 11.0 Å². The van der Waals surface area contributed by atoms with Gasteiger partial charge in [0.25, 0.3) is 5.69 Å². The fraction of sp³-hybridized carbons (Fsp3) is 0.368. The minimum atomic E-state index is -0.462. The van der Waals surface area contributed by atoms with Gasteiger partial charge in [0.05, 0.1) is 11.0 Å². The van der Waals surface area contributed by atoms with E-state index in [-0.39, 0.29) is 23.6 Å². The van der Waals surface area contributed by atoms with Gasteiger partial charge >= 0.3 is 6.09 Å². The van der Waals surface area contributed by atoms with E-state index in [2.05, 4.69) is 28.7 Å². The fourth-order valence-corrected chi connectivity index (χ4v) is 4.18. The number of nitrogens with zero attached hydrogens (tertiary/aromatic N) is 3. The van der Waals surface area contributed by atoms with Gasteiger partial charge in [-0.3, -0.25) is 10.1 Å². The first-order valence-electron chi connectivity index (χ1n) is 9.06. The van der Waals surface area contributed by atoms with Crippen molar-refractivity contribution in [3.8, 4) is 0 Å². The highest BCUT2D eigenvalue weighted by atomic mass is 32.2. The standard InChI is InChI=1S/C19H22N4O4S2/c1-13(12-29-18-20-6-7-21-18)8-16-9-17(28)10-22(16)19(24)27-11-14-2-4-15(5-3-14)23(25)26/h2-8,16-17,28H,9-12H2,1H3,(H,20,21)/b13-8+/t16-,17+/m1/s1. The minimum absolute atomic E-state index is 0.00521. The third-order valence-corrected chi connectivity index (χ3v) is 5.92. The number of H-pyrrole nitrogens is 1. The van der Waals surface area contributed by atoms with E-state index in [1.54, 1.807) is 41.2 Å². The van der Waals surface area contributed by atoms with Gasteiger partial charge in [-0.25, -0.2) is 9.78 Å². The van der Waals surface area contributed by atoms with Crippen LogP contribution in [-0.2, 0) is 11.3 Å². The van der Waals surface area contributed by atoms with E-state index in [0.29, 0.717) is 12.1 Å². The summed E-state index contributed by atoms with van der Waals surface area (Å²) in [6.07, 6.45) is 5.93. The van der Waals surface area contributed by atoms with Crippen LogP contribution in [0.1, 0.15) is 18.9 Å². The van der Waals surface area contributed by atoms with Crippen LogP contribution in [0.25, 0.3) is 0 Å². The highest BCUT2D eigenvalue weighted by molar-refractivity contribution is 7.99. The van der Waals surface area contributed by atoms with Gasteiger partial charge in [0.1, 0.15) is 6.61 Å². The topological polar surface area (TPSA) is 101 Å². The van der Waals surface area contributed by atoms with Gasteiger partial charge in [0.2, 0.25) is 0 Å². The molecule has 0 bridgehead atoms. The number of ether oxygens (including phenoxy) is 1. The Morgan fingerprint density at radius 3 is 2.90 bits per heavy atom. The quantitative estimate of drug-likeness (QED) is 0.224. The lowest BCUT2D eigenvalue weighted by Crippen LogP contribution is -2.35. The molecule has 1 aromatic heterocycles. The number of thioether (sulfide) groups is 1. The molecule has 1 amide bonds. The minimum Gasteiger partial charge on any atom is -0.445 e. The number of carbonyl (C=O) groups excluding carboxylic acids is 1. The number of hydrogen-bond acceptors (Lipinski definition) is 7. The van der Waals surface area contributed by atoms with Crippen molar-refractivity contribution in [2.45, 2.75) is 36.4 Å². The molecule has 0 aliphatic carbocycles. The summed E-state index contributed by atoms with van der Waals surface area (Å²) in [5, 5.41) is 11.7. The maximum atomic E-state index is 12.6. The van der Waals surface area contributed by atoms with Crippen molar-refractivity contribution in [3.05, 3.63) is 64.0 Å². The summed E-state index contributed by atoms with van der Waals surface area (Å²) in [5.41, 5.74) is 1.85. The Kier molecular flexibility index (Phi) is 7.21. The number of aromatic amines is 1. The zero-order valence-electron chi connectivity index (χ0n) is 15.9. The molecule has 0 unspecified atom stereocenters. The van der Waals surface area contributed by atoms with Crippen molar-refractivity contribution < 1.29 is 14.5 Å². The predicted octanol–water partition coefficient (Wildman–Crippen LogP) is 4.07. The summed E-state index contributed by atoms with van der Waals surface area (Å²) in [6.45, 7) is 2.61. The number of carbonyl (C=O) groups is 1. The zero-order chi connectivity index (χ0) is 20.8. The Bertz CT molecular complexity index is 871. The summed E-state index contributed by atoms with van der Waals surface area (Å²) in [6, 6.07) is 5.90. The third kappa shape index (κ3) is 6.01. The molecule has 2 heterocycles. The number of aromatic nitrogens is 2. The number of thiol groups is 1. The van der Waals surface area contributed by atoms with Crippen LogP contribution < -0.4 is 0 Å². The molecule has 8 nitrogen and oxygen atoms in total. The molecule has 10 heteroatoms. The van der Waals surface area contributed by atoms with Gasteiger partial charge in [0.15, 0.2) is 5.16 Å². The molecule has 29 heavy (non-hydrogen) atoms. The number of nitro benzene ring substituents is 1. The first kappa shape index (κ1) is 21.3. The van der Waals surface area contributed by atoms with Gasteiger partial charge in [-0.2, -0.15) is 12.6 Å². The molecule has 1 saturated heterocycles. The van der Waals surface area contributed by atoms with E-state index >= 15 is 0 Å². The molecule has 0 saturated carbocycles. The second kappa shape index (κ2) is 9.84. The summed E-state index contributed by atoms with van der Waals surface area (Å²) in [4.78, 5) is 31.8. The Morgan fingerprint density at radius 2 is 2.24 bits per heavy atom. The van der Waals surface area contributed by atoms with E-state index in [1.807, 2.05) is 6.92 Å². The monoisotopic (exact) mass is 434 g/mol. The molecule has 1 aliphatic heterocycles. The van der Waals surface area contributed by atoms with Crippen LogP contribution in [0.4, 0.5) is 10.5 Å². The second-order valence-corrected chi connectivity index (χ2v) is 8.48. The Hall–Kier alpha value is -2.46. The number of benzene rings is 1. The van der Waals surface area contributed by atoms with E-state index in [9.17, 15) is 14.9 Å². The molecule has 1 N–H and O–H groups in total. The summed E-state index contributed by atoms with van der Waals surface area (Å²) >= 11 is 6.14. The van der Waals surface area contributed by atoms with Crippen molar-refractivity contribution in [2.75, 3.05) is 12.3 Å².